The number of benzene rings is 2. The maximum Gasteiger partial charge on any atom is 0.158 e. The Morgan fingerprint density at radius 3 is 2.60 bits per heavy atom. The fourth-order valence-corrected chi connectivity index (χ4v) is 2.55. The Morgan fingerprint density at radius 1 is 1.10 bits per heavy atom. The molecule has 2 heteroatoms. The third kappa shape index (κ3) is 3.09. The van der Waals surface area contributed by atoms with Crippen molar-refractivity contribution in [2.24, 2.45) is 0 Å². The average molecular weight is 268 g/mol. The molecule has 0 bridgehead atoms. The van der Waals surface area contributed by atoms with Crippen molar-refractivity contribution < 1.29 is 9.47 Å². The van der Waals surface area contributed by atoms with E-state index in [9.17, 15) is 0 Å². The van der Waals surface area contributed by atoms with Gasteiger partial charge in [-0.2, -0.15) is 0 Å². The van der Waals surface area contributed by atoms with Gasteiger partial charge >= 0.3 is 0 Å². The number of ether oxygens (including phenoxy) is 2. The third-order valence-electron chi connectivity index (χ3n) is 3.73. The summed E-state index contributed by atoms with van der Waals surface area (Å²) < 4.78 is 11.2. The van der Waals surface area contributed by atoms with E-state index < -0.39 is 0 Å². The van der Waals surface area contributed by atoms with Crippen molar-refractivity contribution in [1.82, 2.24) is 0 Å². The molecular weight excluding hydrogens is 248 g/mol. The third-order valence-corrected chi connectivity index (χ3v) is 3.73. The second-order valence-electron chi connectivity index (χ2n) is 5.27. The SMILES string of the molecule is Cc1ccccc1-c1ccc(COC2CCCO2)cc1. The second-order valence-corrected chi connectivity index (χ2v) is 5.27. The normalized spacial score (nSPS) is 18.4. The van der Waals surface area contributed by atoms with Gasteiger partial charge in [0.15, 0.2) is 6.29 Å². The summed E-state index contributed by atoms with van der Waals surface area (Å²) in [6.07, 6.45) is 2.11. The summed E-state index contributed by atoms with van der Waals surface area (Å²) in [4.78, 5) is 0. The quantitative estimate of drug-likeness (QED) is 0.822. The highest BCUT2D eigenvalue weighted by Gasteiger charge is 2.15. The van der Waals surface area contributed by atoms with E-state index in [0.29, 0.717) is 6.61 Å². The number of hydrogen-bond donors (Lipinski definition) is 0. The van der Waals surface area contributed by atoms with E-state index in [1.165, 1.54) is 22.3 Å². The molecule has 20 heavy (non-hydrogen) atoms. The molecule has 1 aliphatic rings. The van der Waals surface area contributed by atoms with Gasteiger partial charge in [0.2, 0.25) is 0 Å². The Morgan fingerprint density at radius 2 is 1.90 bits per heavy atom. The zero-order valence-electron chi connectivity index (χ0n) is 11.8. The number of hydrogen-bond acceptors (Lipinski definition) is 2. The van der Waals surface area contributed by atoms with E-state index in [1.807, 2.05) is 0 Å². The molecular formula is C18H20O2. The molecule has 0 spiro atoms. The fraction of sp³-hybridized carbons (Fsp3) is 0.333. The fourth-order valence-electron chi connectivity index (χ4n) is 2.55. The van der Waals surface area contributed by atoms with Crippen LogP contribution in [-0.4, -0.2) is 12.9 Å². The van der Waals surface area contributed by atoms with Crippen molar-refractivity contribution in [1.29, 1.82) is 0 Å². The molecule has 0 saturated carbocycles. The van der Waals surface area contributed by atoms with Crippen molar-refractivity contribution in [3.05, 3.63) is 59.7 Å². The molecule has 1 unspecified atom stereocenters. The molecule has 0 aromatic heterocycles. The summed E-state index contributed by atoms with van der Waals surface area (Å²) in [7, 11) is 0. The lowest BCUT2D eigenvalue weighted by molar-refractivity contribution is -0.118. The van der Waals surface area contributed by atoms with E-state index in [0.717, 1.165) is 19.4 Å². The average Bonchev–Trinajstić information content (AvgIpc) is 3.00. The first-order valence-electron chi connectivity index (χ1n) is 7.21. The second kappa shape index (κ2) is 6.21. The van der Waals surface area contributed by atoms with Gasteiger partial charge in [0.05, 0.1) is 6.61 Å². The van der Waals surface area contributed by atoms with Crippen LogP contribution in [0.15, 0.2) is 48.5 Å². The Bertz CT molecular complexity index is 554. The van der Waals surface area contributed by atoms with Gasteiger partial charge in [0.1, 0.15) is 0 Å². The first-order valence-corrected chi connectivity index (χ1v) is 7.21. The van der Waals surface area contributed by atoms with E-state index in [1.54, 1.807) is 0 Å². The minimum atomic E-state index is -0.00829. The minimum absolute atomic E-state index is 0.00829. The zero-order valence-corrected chi connectivity index (χ0v) is 11.8. The molecule has 1 saturated heterocycles. The smallest absolute Gasteiger partial charge is 0.158 e. The molecule has 1 aliphatic heterocycles. The predicted molar refractivity (Wildman–Crippen MR) is 80.4 cm³/mol. The van der Waals surface area contributed by atoms with Crippen LogP contribution < -0.4 is 0 Å². The molecule has 0 radical (unpaired) electrons. The zero-order chi connectivity index (χ0) is 13.8. The number of rotatable bonds is 4. The van der Waals surface area contributed by atoms with Crippen LogP contribution in [0.5, 0.6) is 0 Å². The van der Waals surface area contributed by atoms with Gasteiger partial charge in [-0.15, -0.1) is 0 Å². The molecule has 0 N–H and O–H groups in total. The lowest BCUT2D eigenvalue weighted by atomic mass is 10.00. The van der Waals surface area contributed by atoms with Crippen molar-refractivity contribution in [3.63, 3.8) is 0 Å². The first kappa shape index (κ1) is 13.3. The molecule has 1 atom stereocenters. The summed E-state index contributed by atoms with van der Waals surface area (Å²) in [5.41, 5.74) is 5.04. The Kier molecular flexibility index (Phi) is 4.14. The lowest BCUT2D eigenvalue weighted by Crippen LogP contribution is -2.09. The van der Waals surface area contributed by atoms with Crippen LogP contribution in [0.4, 0.5) is 0 Å². The van der Waals surface area contributed by atoms with Crippen molar-refractivity contribution in [2.45, 2.75) is 32.7 Å². The lowest BCUT2D eigenvalue weighted by Gasteiger charge is -2.11. The van der Waals surface area contributed by atoms with Crippen LogP contribution in [0, 0.1) is 6.92 Å². The molecule has 0 aliphatic carbocycles. The molecule has 1 heterocycles. The summed E-state index contributed by atoms with van der Waals surface area (Å²) in [5, 5.41) is 0. The minimum Gasteiger partial charge on any atom is -0.353 e. The largest absolute Gasteiger partial charge is 0.353 e. The van der Waals surface area contributed by atoms with Gasteiger partial charge in [0.25, 0.3) is 0 Å². The molecule has 2 aromatic rings. The van der Waals surface area contributed by atoms with Gasteiger partial charge in [-0.3, -0.25) is 0 Å². The highest BCUT2D eigenvalue weighted by molar-refractivity contribution is 5.67. The Labute approximate surface area is 120 Å². The maximum absolute atomic E-state index is 5.74. The summed E-state index contributed by atoms with van der Waals surface area (Å²) in [6.45, 7) is 3.60. The standard InChI is InChI=1S/C18H20O2/c1-14-5-2-3-6-17(14)16-10-8-15(9-11-16)13-20-18-7-4-12-19-18/h2-3,5-6,8-11,18H,4,7,12-13H2,1H3. The molecule has 104 valence electrons. The molecule has 1 fully saturated rings. The molecule has 2 nitrogen and oxygen atoms in total. The maximum atomic E-state index is 5.74. The molecule has 3 rings (SSSR count). The van der Waals surface area contributed by atoms with Gasteiger partial charge < -0.3 is 9.47 Å². The van der Waals surface area contributed by atoms with Crippen molar-refractivity contribution in [3.8, 4) is 11.1 Å². The predicted octanol–water partition coefficient (Wildman–Crippen LogP) is 4.32. The first-order chi connectivity index (χ1) is 9.83. The molecule has 0 amide bonds. The Balaban J connectivity index is 1.66. The Hall–Kier alpha value is -1.64. The van der Waals surface area contributed by atoms with Crippen molar-refractivity contribution in [2.75, 3.05) is 6.61 Å². The van der Waals surface area contributed by atoms with Crippen molar-refractivity contribution >= 4 is 0 Å². The number of aryl methyl sites for hydroxylation is 1. The van der Waals surface area contributed by atoms with Crippen LogP contribution in [0.2, 0.25) is 0 Å². The summed E-state index contributed by atoms with van der Waals surface area (Å²) in [6, 6.07) is 17.1. The van der Waals surface area contributed by atoms with Crippen LogP contribution in [0.25, 0.3) is 11.1 Å². The van der Waals surface area contributed by atoms with Gasteiger partial charge in [-0.25, -0.2) is 0 Å². The van der Waals surface area contributed by atoms with Gasteiger partial charge in [-0.1, -0.05) is 48.5 Å². The van der Waals surface area contributed by atoms with E-state index in [2.05, 4.69) is 55.5 Å². The van der Waals surface area contributed by atoms with Crippen LogP contribution in [-0.2, 0) is 16.1 Å². The van der Waals surface area contributed by atoms with E-state index >= 15 is 0 Å². The van der Waals surface area contributed by atoms with E-state index in [-0.39, 0.29) is 6.29 Å². The highest BCUT2D eigenvalue weighted by Crippen LogP contribution is 2.24. The van der Waals surface area contributed by atoms with Gasteiger partial charge in [-0.05, 0) is 35.6 Å². The monoisotopic (exact) mass is 268 g/mol. The van der Waals surface area contributed by atoms with Crippen LogP contribution in [0.3, 0.4) is 0 Å². The van der Waals surface area contributed by atoms with Gasteiger partial charge in [0, 0.05) is 13.0 Å². The van der Waals surface area contributed by atoms with Crippen LogP contribution >= 0.6 is 0 Å². The molecule has 2 aromatic carbocycles. The van der Waals surface area contributed by atoms with E-state index in [4.69, 9.17) is 9.47 Å². The van der Waals surface area contributed by atoms with Crippen LogP contribution in [0.1, 0.15) is 24.0 Å². The summed E-state index contributed by atoms with van der Waals surface area (Å²) in [5.74, 6) is 0. The summed E-state index contributed by atoms with van der Waals surface area (Å²) >= 11 is 0. The topological polar surface area (TPSA) is 18.5 Å². The highest BCUT2D eigenvalue weighted by atomic mass is 16.7.